The van der Waals surface area contributed by atoms with Crippen molar-refractivity contribution >= 4 is 29.9 Å². The van der Waals surface area contributed by atoms with E-state index in [0.717, 1.165) is 18.4 Å². The first-order chi connectivity index (χ1) is 12.0. The predicted molar refractivity (Wildman–Crippen MR) is 105 cm³/mol. The molecule has 1 aromatic carbocycles. The molecule has 146 valence electrons. The van der Waals surface area contributed by atoms with Gasteiger partial charge < -0.3 is 21.1 Å². The van der Waals surface area contributed by atoms with Crippen LogP contribution in [0.25, 0.3) is 0 Å². The van der Waals surface area contributed by atoms with E-state index in [4.69, 9.17) is 10.5 Å². The zero-order valence-corrected chi connectivity index (χ0v) is 16.4. The number of hydrogen-bond donors (Lipinski definition) is 3. The highest BCUT2D eigenvalue weighted by Crippen LogP contribution is 2.25. The molecule has 1 heterocycles. The van der Waals surface area contributed by atoms with E-state index >= 15 is 0 Å². The average molecular weight is 384 g/mol. The molecule has 1 unspecified atom stereocenters. The van der Waals surface area contributed by atoms with Gasteiger partial charge in [-0.3, -0.25) is 9.59 Å². The number of amides is 2. The molecule has 1 aromatic rings. The van der Waals surface area contributed by atoms with Crippen LogP contribution in [0.5, 0.6) is 0 Å². The van der Waals surface area contributed by atoms with Gasteiger partial charge in [0.05, 0.1) is 5.41 Å². The van der Waals surface area contributed by atoms with Crippen LogP contribution in [-0.2, 0) is 20.9 Å². The minimum absolute atomic E-state index is 0. The van der Waals surface area contributed by atoms with Gasteiger partial charge in [0.25, 0.3) is 5.91 Å². The lowest BCUT2D eigenvalue weighted by molar-refractivity contribution is -0.131. The number of carbonyl (C=O) groups excluding carboxylic acids is 2. The molecule has 2 amide bonds. The third kappa shape index (κ3) is 5.43. The molecule has 6 nitrogen and oxygen atoms in total. The molecule has 2 rings (SSSR count). The fraction of sp³-hybridized carbons (Fsp3) is 0.579. The van der Waals surface area contributed by atoms with Crippen LogP contribution in [0.2, 0.25) is 0 Å². The Morgan fingerprint density at radius 2 is 2.04 bits per heavy atom. The van der Waals surface area contributed by atoms with E-state index in [1.165, 1.54) is 0 Å². The van der Waals surface area contributed by atoms with Crippen LogP contribution in [0.3, 0.4) is 0 Å². The Hall–Kier alpha value is -1.63. The van der Waals surface area contributed by atoms with Crippen molar-refractivity contribution in [1.29, 1.82) is 0 Å². The van der Waals surface area contributed by atoms with Crippen molar-refractivity contribution < 1.29 is 14.3 Å². The Bertz CT molecular complexity index is 591. The second kappa shape index (κ2) is 10.5. The van der Waals surface area contributed by atoms with Gasteiger partial charge in [0.1, 0.15) is 6.10 Å². The molecule has 0 bridgehead atoms. The zero-order valence-electron chi connectivity index (χ0n) is 15.5. The van der Waals surface area contributed by atoms with Crippen molar-refractivity contribution in [1.82, 2.24) is 5.32 Å². The maximum absolute atomic E-state index is 12.5. The topological polar surface area (TPSA) is 93.5 Å². The van der Waals surface area contributed by atoms with Crippen LogP contribution in [0.4, 0.5) is 5.69 Å². The van der Waals surface area contributed by atoms with Crippen LogP contribution in [-0.4, -0.2) is 31.1 Å². The molecule has 1 atom stereocenters. The molecule has 0 saturated carbocycles. The van der Waals surface area contributed by atoms with E-state index < -0.39 is 5.41 Å². The Labute approximate surface area is 161 Å². The van der Waals surface area contributed by atoms with Crippen molar-refractivity contribution in [2.45, 2.75) is 52.2 Å². The first kappa shape index (κ1) is 22.4. The standard InChI is InChI=1S/C19H29N3O3.ClH/c1-3-19(4-2,13-20)18(24)21-12-14-7-5-8-15(11-14)22-17(23)16-9-6-10-25-16;/h5,7-8,11,16H,3-4,6,9-10,12-13,20H2,1-2H3,(H,21,24)(H,22,23);1H. The summed E-state index contributed by atoms with van der Waals surface area (Å²) in [6.45, 7) is 5.35. The Morgan fingerprint density at radius 1 is 1.31 bits per heavy atom. The zero-order chi connectivity index (χ0) is 18.3. The summed E-state index contributed by atoms with van der Waals surface area (Å²) in [5, 5.41) is 5.85. The molecule has 0 aliphatic carbocycles. The van der Waals surface area contributed by atoms with Gasteiger partial charge in [-0.2, -0.15) is 0 Å². The third-order valence-corrected chi connectivity index (χ3v) is 5.10. The normalized spacial score (nSPS) is 16.7. The number of ether oxygens (including phenoxy) is 1. The molecule has 1 fully saturated rings. The molecule has 1 aliphatic heterocycles. The van der Waals surface area contributed by atoms with Crippen molar-refractivity contribution in [3.05, 3.63) is 29.8 Å². The highest BCUT2D eigenvalue weighted by molar-refractivity contribution is 5.94. The summed E-state index contributed by atoms with van der Waals surface area (Å²) in [5.74, 6) is -0.133. The van der Waals surface area contributed by atoms with Gasteiger partial charge in [0.2, 0.25) is 5.91 Å². The van der Waals surface area contributed by atoms with Gasteiger partial charge in [0.15, 0.2) is 0 Å². The number of anilines is 1. The van der Waals surface area contributed by atoms with Crippen molar-refractivity contribution in [2.75, 3.05) is 18.5 Å². The molecule has 0 spiro atoms. The molecule has 0 aromatic heterocycles. The number of nitrogens with two attached hydrogens (primary N) is 1. The summed E-state index contributed by atoms with van der Waals surface area (Å²) in [7, 11) is 0. The highest BCUT2D eigenvalue weighted by Gasteiger charge is 2.32. The minimum atomic E-state index is -0.508. The average Bonchev–Trinajstić information content (AvgIpc) is 3.17. The monoisotopic (exact) mass is 383 g/mol. The fourth-order valence-electron chi connectivity index (χ4n) is 3.09. The summed E-state index contributed by atoms with van der Waals surface area (Å²) in [6.07, 6.45) is 2.74. The van der Waals surface area contributed by atoms with E-state index in [1.54, 1.807) is 0 Å². The first-order valence-corrected chi connectivity index (χ1v) is 9.04. The van der Waals surface area contributed by atoms with Gasteiger partial charge in [-0.1, -0.05) is 26.0 Å². The van der Waals surface area contributed by atoms with Gasteiger partial charge in [0, 0.05) is 25.4 Å². The Balaban J connectivity index is 0.00000338. The molecule has 1 saturated heterocycles. The van der Waals surface area contributed by atoms with E-state index in [2.05, 4.69) is 10.6 Å². The lowest BCUT2D eigenvalue weighted by Crippen LogP contribution is -2.45. The van der Waals surface area contributed by atoms with Crippen LogP contribution in [0.15, 0.2) is 24.3 Å². The summed E-state index contributed by atoms with van der Waals surface area (Å²) < 4.78 is 5.39. The Morgan fingerprint density at radius 3 is 2.62 bits per heavy atom. The van der Waals surface area contributed by atoms with Crippen LogP contribution < -0.4 is 16.4 Å². The largest absolute Gasteiger partial charge is 0.368 e. The second-order valence-electron chi connectivity index (χ2n) is 6.57. The van der Waals surface area contributed by atoms with Gasteiger partial charge in [-0.05, 0) is 43.4 Å². The summed E-state index contributed by atoms with van der Waals surface area (Å²) >= 11 is 0. The van der Waals surface area contributed by atoms with Crippen LogP contribution in [0.1, 0.15) is 45.1 Å². The summed E-state index contributed by atoms with van der Waals surface area (Å²) in [6, 6.07) is 7.49. The quantitative estimate of drug-likeness (QED) is 0.643. The van der Waals surface area contributed by atoms with Gasteiger partial charge >= 0.3 is 0 Å². The lowest BCUT2D eigenvalue weighted by Gasteiger charge is -2.28. The predicted octanol–water partition coefficient (Wildman–Crippen LogP) is 2.61. The smallest absolute Gasteiger partial charge is 0.253 e. The number of hydrogen-bond acceptors (Lipinski definition) is 4. The first-order valence-electron chi connectivity index (χ1n) is 9.04. The van der Waals surface area contributed by atoms with Gasteiger partial charge in [-0.25, -0.2) is 0 Å². The fourth-order valence-corrected chi connectivity index (χ4v) is 3.09. The summed E-state index contributed by atoms with van der Waals surface area (Å²) in [5.41, 5.74) is 6.95. The minimum Gasteiger partial charge on any atom is -0.368 e. The SMILES string of the molecule is CCC(CC)(CN)C(=O)NCc1cccc(NC(=O)C2CCCO2)c1.Cl. The number of halogens is 1. The third-order valence-electron chi connectivity index (χ3n) is 5.10. The second-order valence-corrected chi connectivity index (χ2v) is 6.57. The maximum Gasteiger partial charge on any atom is 0.253 e. The molecule has 26 heavy (non-hydrogen) atoms. The maximum atomic E-state index is 12.5. The molecule has 7 heteroatoms. The van der Waals surface area contributed by atoms with Crippen LogP contribution >= 0.6 is 12.4 Å². The summed E-state index contributed by atoms with van der Waals surface area (Å²) in [4.78, 5) is 24.6. The molecule has 0 radical (unpaired) electrons. The lowest BCUT2D eigenvalue weighted by atomic mass is 9.81. The van der Waals surface area contributed by atoms with Crippen molar-refractivity contribution in [2.24, 2.45) is 11.1 Å². The molecule has 4 N–H and O–H groups in total. The highest BCUT2D eigenvalue weighted by atomic mass is 35.5. The van der Waals surface area contributed by atoms with Gasteiger partial charge in [-0.15, -0.1) is 12.4 Å². The number of nitrogens with one attached hydrogen (secondary N) is 2. The molecule has 1 aliphatic rings. The Kier molecular flexibility index (Phi) is 9.05. The number of benzene rings is 1. The number of carbonyl (C=O) groups is 2. The molecular weight excluding hydrogens is 354 g/mol. The van der Waals surface area contributed by atoms with E-state index in [1.807, 2.05) is 38.1 Å². The van der Waals surface area contributed by atoms with Crippen molar-refractivity contribution in [3.8, 4) is 0 Å². The van der Waals surface area contributed by atoms with Crippen molar-refractivity contribution in [3.63, 3.8) is 0 Å². The number of rotatable bonds is 8. The van der Waals surface area contributed by atoms with E-state index in [9.17, 15) is 9.59 Å². The van der Waals surface area contributed by atoms with E-state index in [0.29, 0.717) is 38.2 Å². The van der Waals surface area contributed by atoms with E-state index in [-0.39, 0.29) is 30.3 Å². The van der Waals surface area contributed by atoms with Crippen LogP contribution in [0, 0.1) is 5.41 Å². The molecular formula is C19H30ClN3O3.